The average Bonchev–Trinajstić information content (AvgIpc) is 1.94. The van der Waals surface area contributed by atoms with E-state index in [0.29, 0.717) is 0 Å². The van der Waals surface area contributed by atoms with Crippen LogP contribution in [-0.2, 0) is 0 Å². The largest absolute Gasteiger partial charge is 0.388 e. The number of hydrogen-bond donors (Lipinski definition) is 1. The van der Waals surface area contributed by atoms with Gasteiger partial charge in [-0.05, 0) is 12.6 Å². The summed E-state index contributed by atoms with van der Waals surface area (Å²) in [4.78, 5) is 0. The second-order valence-electron chi connectivity index (χ2n) is 1.46. The van der Waals surface area contributed by atoms with Crippen LogP contribution >= 0.6 is 0 Å². The summed E-state index contributed by atoms with van der Waals surface area (Å²) in [7, 11) is 0. The second kappa shape index (κ2) is 2.45. The minimum absolute atomic E-state index is 0.719. The molecule has 1 aliphatic heterocycles. The zero-order valence-corrected chi connectivity index (χ0v) is 4.17. The van der Waals surface area contributed by atoms with Crippen molar-refractivity contribution in [3.05, 3.63) is 24.4 Å². The summed E-state index contributed by atoms with van der Waals surface area (Å²) in [5, 5.41) is 1.41. The van der Waals surface area contributed by atoms with E-state index in [0.717, 1.165) is 13.0 Å². The van der Waals surface area contributed by atoms with Crippen LogP contribution in [0.2, 0.25) is 1.41 Å². The van der Waals surface area contributed by atoms with Crippen molar-refractivity contribution in [3.63, 3.8) is 0 Å². The molecular formula is C6H9N. The van der Waals surface area contributed by atoms with E-state index in [-0.39, 0.29) is 0 Å². The van der Waals surface area contributed by atoms with Gasteiger partial charge in [0.15, 0.2) is 1.41 Å². The van der Waals surface area contributed by atoms with Crippen LogP contribution in [0.3, 0.4) is 0 Å². The van der Waals surface area contributed by atoms with Crippen molar-refractivity contribution in [3.8, 4) is 0 Å². The third-order valence-corrected chi connectivity index (χ3v) is 0.860. The van der Waals surface area contributed by atoms with Gasteiger partial charge in [0.2, 0.25) is 0 Å². The molecule has 0 aromatic carbocycles. The maximum absolute atomic E-state index is 7.11. The van der Waals surface area contributed by atoms with E-state index < -0.39 is 0 Å². The van der Waals surface area contributed by atoms with Crippen LogP contribution in [0.4, 0.5) is 0 Å². The van der Waals surface area contributed by atoms with Crippen molar-refractivity contribution in [2.45, 2.75) is 6.42 Å². The third kappa shape index (κ3) is 1.44. The van der Waals surface area contributed by atoms with Crippen LogP contribution in [-0.4, -0.2) is 6.54 Å². The van der Waals surface area contributed by atoms with Crippen molar-refractivity contribution in [1.29, 1.82) is 0 Å². The Morgan fingerprint density at radius 3 is 3.43 bits per heavy atom. The molecule has 0 aromatic heterocycles. The number of allylic oxidation sites excluding steroid dienone is 2. The minimum Gasteiger partial charge on any atom is -0.388 e. The molecule has 0 saturated carbocycles. The van der Waals surface area contributed by atoms with Crippen molar-refractivity contribution in [2.24, 2.45) is 0 Å². The van der Waals surface area contributed by atoms with Crippen LogP contribution in [0.1, 0.15) is 6.42 Å². The first-order valence-electron chi connectivity index (χ1n) is 2.91. The molecule has 1 nitrogen and oxygen atoms in total. The Hall–Kier alpha value is -0.720. The Labute approximate surface area is 45.2 Å². The Bertz CT molecular complexity index is 118. The fourth-order valence-corrected chi connectivity index (χ4v) is 0.506. The van der Waals surface area contributed by atoms with E-state index in [9.17, 15) is 0 Å². The minimum atomic E-state index is 0.719. The molecule has 1 N–H and O–H groups in total. The molecule has 0 saturated heterocycles. The third-order valence-electron chi connectivity index (χ3n) is 0.860. The molecule has 0 aromatic rings. The van der Waals surface area contributed by atoms with E-state index in [1.807, 2.05) is 12.2 Å². The van der Waals surface area contributed by atoms with E-state index in [1.54, 1.807) is 6.20 Å². The van der Waals surface area contributed by atoms with Crippen molar-refractivity contribution < 1.29 is 1.41 Å². The molecule has 0 radical (unpaired) electrons. The van der Waals surface area contributed by atoms with Gasteiger partial charge in [-0.25, -0.2) is 0 Å². The van der Waals surface area contributed by atoms with Gasteiger partial charge >= 0.3 is 0 Å². The molecule has 1 rings (SSSR count). The van der Waals surface area contributed by atoms with E-state index in [2.05, 4.69) is 6.08 Å². The first kappa shape index (κ1) is 3.30. The zero-order valence-electron chi connectivity index (χ0n) is 5.17. The van der Waals surface area contributed by atoms with E-state index in [1.165, 1.54) is 5.31 Å². The van der Waals surface area contributed by atoms with Gasteiger partial charge in [0.1, 0.15) is 0 Å². The fourth-order valence-electron chi connectivity index (χ4n) is 0.506. The van der Waals surface area contributed by atoms with Gasteiger partial charge in [-0.15, -0.1) is 0 Å². The quantitative estimate of drug-likeness (QED) is 0.444. The predicted octanol–water partition coefficient (Wildman–Crippen LogP) is 1.05. The molecule has 0 bridgehead atoms. The first-order valence-corrected chi connectivity index (χ1v) is 2.47. The van der Waals surface area contributed by atoms with Gasteiger partial charge in [0.25, 0.3) is 0 Å². The van der Waals surface area contributed by atoms with E-state index in [4.69, 9.17) is 1.41 Å². The summed E-state index contributed by atoms with van der Waals surface area (Å²) >= 11 is 0. The molecule has 0 fully saturated rings. The fraction of sp³-hybridized carbons (Fsp3) is 0.333. The Kier molecular flexibility index (Phi) is 1.16. The average molecular weight is 96.2 g/mol. The summed E-state index contributed by atoms with van der Waals surface area (Å²) in [5.74, 6) is 0. The van der Waals surface area contributed by atoms with Crippen LogP contribution < -0.4 is 5.31 Å². The molecule has 38 valence electrons. The lowest BCUT2D eigenvalue weighted by molar-refractivity contribution is 0.991. The Balaban J connectivity index is 2.48. The first-order chi connectivity index (χ1) is 3.89. The van der Waals surface area contributed by atoms with Crippen LogP contribution in [0.5, 0.6) is 0 Å². The molecule has 1 heteroatoms. The van der Waals surface area contributed by atoms with Gasteiger partial charge < -0.3 is 5.31 Å². The zero-order chi connectivity index (χ0) is 5.82. The summed E-state index contributed by atoms with van der Waals surface area (Å²) in [5.41, 5.74) is 0. The molecule has 0 amide bonds. The Morgan fingerprint density at radius 1 is 1.43 bits per heavy atom. The molecule has 0 unspecified atom stereocenters. The van der Waals surface area contributed by atoms with Crippen LogP contribution in [0.25, 0.3) is 0 Å². The second-order valence-corrected chi connectivity index (χ2v) is 1.46. The SMILES string of the molecule is [2H]N1C=CCC=CC1. The van der Waals surface area contributed by atoms with Gasteiger partial charge in [0.05, 0.1) is 0 Å². The highest BCUT2D eigenvalue weighted by molar-refractivity contribution is 4.97. The summed E-state index contributed by atoms with van der Waals surface area (Å²) < 4.78 is 7.11. The van der Waals surface area contributed by atoms with Gasteiger partial charge in [-0.2, -0.15) is 0 Å². The van der Waals surface area contributed by atoms with Crippen molar-refractivity contribution >= 4 is 0 Å². The molecule has 0 atom stereocenters. The predicted molar refractivity (Wildman–Crippen MR) is 30.9 cm³/mol. The molecule has 7 heavy (non-hydrogen) atoms. The lowest BCUT2D eigenvalue weighted by atomic mass is 10.4. The van der Waals surface area contributed by atoms with Crippen molar-refractivity contribution in [2.75, 3.05) is 6.54 Å². The molecule has 0 aliphatic carbocycles. The van der Waals surface area contributed by atoms with Crippen LogP contribution in [0, 0.1) is 0 Å². The smallest absolute Gasteiger partial charge is 0.160 e. The molecule has 0 spiro atoms. The molecular weight excluding hydrogens is 86.1 g/mol. The van der Waals surface area contributed by atoms with Crippen LogP contribution in [0.15, 0.2) is 24.4 Å². The topological polar surface area (TPSA) is 12.0 Å². The summed E-state index contributed by atoms with van der Waals surface area (Å²) in [6.45, 7) is 0.719. The van der Waals surface area contributed by atoms with Gasteiger partial charge in [0, 0.05) is 6.54 Å². The number of nitrogens with one attached hydrogen (secondary N) is 1. The normalized spacial score (nSPS) is 21.7. The lowest BCUT2D eigenvalue weighted by Crippen LogP contribution is -2.01. The summed E-state index contributed by atoms with van der Waals surface area (Å²) in [6.07, 6.45) is 8.77. The standard InChI is InChI=1S/C6H9N/c1-2-4-6-7-5-3-1/h1,3-4,6-7H,2,5H2/i/hD. The van der Waals surface area contributed by atoms with Gasteiger partial charge in [-0.1, -0.05) is 18.2 Å². The highest BCUT2D eigenvalue weighted by Crippen LogP contribution is 1.86. The number of hydrogen-bond acceptors (Lipinski definition) is 1. The highest BCUT2D eigenvalue weighted by atomic mass is 14.8. The summed E-state index contributed by atoms with van der Waals surface area (Å²) in [6, 6.07) is 0. The molecule has 1 heterocycles. The van der Waals surface area contributed by atoms with E-state index >= 15 is 0 Å². The number of rotatable bonds is 0. The maximum Gasteiger partial charge on any atom is 0.160 e. The Morgan fingerprint density at radius 2 is 2.43 bits per heavy atom. The highest BCUT2D eigenvalue weighted by Gasteiger charge is 1.76. The van der Waals surface area contributed by atoms with Gasteiger partial charge in [-0.3, -0.25) is 0 Å². The van der Waals surface area contributed by atoms with Crippen molar-refractivity contribution in [1.82, 2.24) is 5.31 Å². The lowest BCUT2D eigenvalue weighted by Gasteiger charge is -1.85. The monoisotopic (exact) mass is 96.1 g/mol. The molecule has 1 aliphatic rings. The maximum atomic E-state index is 7.11.